The van der Waals surface area contributed by atoms with Crippen molar-refractivity contribution in [3.63, 3.8) is 0 Å². The highest BCUT2D eigenvalue weighted by atomic mass is 16.2. The molecule has 8 nitrogen and oxygen atoms in total. The number of hydrogen-bond donors (Lipinski definition) is 2. The zero-order valence-electron chi connectivity index (χ0n) is 19.5. The molecule has 0 saturated heterocycles. The largest absolute Gasteiger partial charge is 0.322 e. The lowest BCUT2D eigenvalue weighted by atomic mass is 10.1. The molecule has 0 saturated carbocycles. The van der Waals surface area contributed by atoms with Crippen LogP contribution in [0.1, 0.15) is 34.6 Å². The average molecular weight is 459 g/mol. The molecule has 0 aromatic heterocycles. The second kappa shape index (κ2) is 10.4. The summed E-state index contributed by atoms with van der Waals surface area (Å²) in [5.74, 6) is -0.908. The number of anilines is 4. The smallest absolute Gasteiger partial charge is 0.255 e. The number of amides is 4. The number of nitrogens with one attached hydrogen (secondary N) is 2. The summed E-state index contributed by atoms with van der Waals surface area (Å²) in [6, 6.07) is 20.2. The molecule has 34 heavy (non-hydrogen) atoms. The highest BCUT2D eigenvalue weighted by molar-refractivity contribution is 6.07. The van der Waals surface area contributed by atoms with Crippen molar-refractivity contribution >= 4 is 46.4 Å². The van der Waals surface area contributed by atoms with Gasteiger partial charge in [-0.3, -0.25) is 19.2 Å². The molecule has 0 unspecified atom stereocenters. The molecule has 0 aliphatic carbocycles. The van der Waals surface area contributed by atoms with Gasteiger partial charge in [-0.1, -0.05) is 12.1 Å². The summed E-state index contributed by atoms with van der Waals surface area (Å²) >= 11 is 0. The quantitative estimate of drug-likeness (QED) is 0.580. The van der Waals surface area contributed by atoms with Crippen LogP contribution in [0.25, 0.3) is 0 Å². The standard InChI is InChI=1S/C26H26N4O4/c1-17(31)29(3)23-9-5-7-21(15-23)27-25(33)19-11-13-20(14-12-19)26(34)28-22-8-6-10-24(16-22)30(4)18(2)32/h5-16H,1-4H3,(H,27,33)(H,28,34). The summed E-state index contributed by atoms with van der Waals surface area (Å²) < 4.78 is 0. The monoisotopic (exact) mass is 458 g/mol. The molecule has 0 spiro atoms. The Kier molecular flexibility index (Phi) is 7.43. The number of rotatable bonds is 6. The Balaban J connectivity index is 1.67. The first-order chi connectivity index (χ1) is 16.2. The zero-order valence-corrected chi connectivity index (χ0v) is 19.5. The summed E-state index contributed by atoms with van der Waals surface area (Å²) in [6.45, 7) is 2.93. The van der Waals surface area contributed by atoms with Gasteiger partial charge < -0.3 is 20.4 Å². The molecule has 2 N–H and O–H groups in total. The molecule has 4 amide bonds. The van der Waals surface area contributed by atoms with Crippen molar-refractivity contribution in [3.05, 3.63) is 83.9 Å². The fourth-order valence-corrected chi connectivity index (χ4v) is 3.13. The third-order valence-corrected chi connectivity index (χ3v) is 5.34. The minimum Gasteiger partial charge on any atom is -0.322 e. The van der Waals surface area contributed by atoms with E-state index >= 15 is 0 Å². The van der Waals surface area contributed by atoms with Crippen molar-refractivity contribution in [2.45, 2.75) is 13.8 Å². The fourth-order valence-electron chi connectivity index (χ4n) is 3.13. The highest BCUT2D eigenvalue weighted by Gasteiger charge is 2.12. The van der Waals surface area contributed by atoms with E-state index in [-0.39, 0.29) is 23.6 Å². The zero-order chi connectivity index (χ0) is 24.8. The van der Waals surface area contributed by atoms with Gasteiger partial charge in [-0.05, 0) is 60.7 Å². The van der Waals surface area contributed by atoms with E-state index in [0.717, 1.165) is 0 Å². The molecule has 0 aliphatic rings. The number of hydrogen-bond acceptors (Lipinski definition) is 4. The maximum atomic E-state index is 12.6. The van der Waals surface area contributed by atoms with E-state index in [0.29, 0.717) is 33.9 Å². The van der Waals surface area contributed by atoms with Crippen molar-refractivity contribution in [2.24, 2.45) is 0 Å². The summed E-state index contributed by atoms with van der Waals surface area (Å²) in [4.78, 5) is 51.4. The molecule has 3 aromatic rings. The van der Waals surface area contributed by atoms with Crippen LogP contribution in [0, 0.1) is 0 Å². The van der Waals surface area contributed by atoms with Crippen molar-refractivity contribution in [1.29, 1.82) is 0 Å². The molecule has 3 aromatic carbocycles. The molecule has 0 aliphatic heterocycles. The Hall–Kier alpha value is -4.46. The molecule has 0 heterocycles. The molecule has 0 radical (unpaired) electrons. The normalized spacial score (nSPS) is 10.2. The second-order valence-electron chi connectivity index (χ2n) is 7.74. The maximum Gasteiger partial charge on any atom is 0.255 e. The van der Waals surface area contributed by atoms with Crippen LogP contribution in [-0.2, 0) is 9.59 Å². The number of nitrogens with zero attached hydrogens (tertiary/aromatic N) is 2. The molecular weight excluding hydrogens is 432 g/mol. The maximum absolute atomic E-state index is 12.6. The Labute approximate surface area is 198 Å². The van der Waals surface area contributed by atoms with E-state index in [1.165, 1.54) is 23.6 Å². The Morgan fingerprint density at radius 1 is 0.588 bits per heavy atom. The average Bonchev–Trinajstić information content (AvgIpc) is 2.83. The van der Waals surface area contributed by atoms with Gasteiger partial charge in [0.25, 0.3) is 11.8 Å². The van der Waals surface area contributed by atoms with E-state index in [4.69, 9.17) is 0 Å². The van der Waals surface area contributed by atoms with Gasteiger partial charge in [0.2, 0.25) is 11.8 Å². The van der Waals surface area contributed by atoms with Crippen LogP contribution in [0.2, 0.25) is 0 Å². The molecule has 3 rings (SSSR count). The van der Waals surface area contributed by atoms with Crippen molar-refractivity contribution in [1.82, 2.24) is 0 Å². The summed E-state index contributed by atoms with van der Waals surface area (Å²) in [6.07, 6.45) is 0. The first-order valence-corrected chi connectivity index (χ1v) is 10.6. The van der Waals surface area contributed by atoms with Crippen LogP contribution in [0.5, 0.6) is 0 Å². The minimum atomic E-state index is -0.338. The molecule has 8 heteroatoms. The van der Waals surface area contributed by atoms with Crippen LogP contribution in [-0.4, -0.2) is 37.7 Å². The van der Waals surface area contributed by atoms with E-state index < -0.39 is 0 Å². The van der Waals surface area contributed by atoms with E-state index in [1.54, 1.807) is 86.9 Å². The summed E-state index contributed by atoms with van der Waals surface area (Å²) in [5, 5.41) is 5.59. The van der Waals surface area contributed by atoms with Crippen LogP contribution in [0.3, 0.4) is 0 Å². The van der Waals surface area contributed by atoms with Gasteiger partial charge in [-0.2, -0.15) is 0 Å². The predicted molar refractivity (Wildman–Crippen MR) is 133 cm³/mol. The lowest BCUT2D eigenvalue weighted by Gasteiger charge is -2.16. The van der Waals surface area contributed by atoms with Crippen molar-refractivity contribution in [3.8, 4) is 0 Å². The Bertz CT molecular complexity index is 1140. The Morgan fingerprint density at radius 2 is 0.941 bits per heavy atom. The van der Waals surface area contributed by atoms with E-state index in [2.05, 4.69) is 10.6 Å². The van der Waals surface area contributed by atoms with Gasteiger partial charge >= 0.3 is 0 Å². The van der Waals surface area contributed by atoms with Crippen LogP contribution in [0.4, 0.5) is 22.7 Å². The van der Waals surface area contributed by atoms with Crippen LogP contribution >= 0.6 is 0 Å². The van der Waals surface area contributed by atoms with Crippen molar-refractivity contribution < 1.29 is 19.2 Å². The van der Waals surface area contributed by atoms with Crippen molar-refractivity contribution in [2.75, 3.05) is 34.5 Å². The topological polar surface area (TPSA) is 98.8 Å². The van der Waals surface area contributed by atoms with Gasteiger partial charge in [0, 0.05) is 61.8 Å². The minimum absolute atomic E-state index is 0.116. The van der Waals surface area contributed by atoms with Crippen LogP contribution in [0.15, 0.2) is 72.8 Å². The highest BCUT2D eigenvalue weighted by Crippen LogP contribution is 2.21. The third-order valence-electron chi connectivity index (χ3n) is 5.34. The third kappa shape index (κ3) is 5.86. The van der Waals surface area contributed by atoms with Gasteiger partial charge in [0.15, 0.2) is 0 Å². The molecule has 0 atom stereocenters. The lowest BCUT2D eigenvalue weighted by Crippen LogP contribution is -2.23. The predicted octanol–water partition coefficient (Wildman–Crippen LogP) is 4.16. The van der Waals surface area contributed by atoms with Gasteiger partial charge in [-0.25, -0.2) is 0 Å². The first kappa shape index (κ1) is 24.2. The number of carbonyl (C=O) groups excluding carboxylic acids is 4. The van der Waals surface area contributed by atoms with Crippen LogP contribution < -0.4 is 20.4 Å². The van der Waals surface area contributed by atoms with E-state index in [1.807, 2.05) is 0 Å². The van der Waals surface area contributed by atoms with Gasteiger partial charge in [0.05, 0.1) is 0 Å². The molecule has 174 valence electrons. The first-order valence-electron chi connectivity index (χ1n) is 10.6. The fraction of sp³-hybridized carbons (Fsp3) is 0.154. The summed E-state index contributed by atoms with van der Waals surface area (Å²) in [5.41, 5.74) is 3.19. The van der Waals surface area contributed by atoms with Gasteiger partial charge in [-0.15, -0.1) is 0 Å². The Morgan fingerprint density at radius 3 is 1.26 bits per heavy atom. The second-order valence-corrected chi connectivity index (χ2v) is 7.74. The molecular formula is C26H26N4O4. The SMILES string of the molecule is CC(=O)N(C)c1cccc(NC(=O)c2ccc(C(=O)Nc3cccc(N(C)C(C)=O)c3)cc2)c1. The molecule has 0 bridgehead atoms. The summed E-state index contributed by atoms with van der Waals surface area (Å²) in [7, 11) is 3.32. The van der Waals surface area contributed by atoms with E-state index in [9.17, 15) is 19.2 Å². The van der Waals surface area contributed by atoms with Gasteiger partial charge in [0.1, 0.15) is 0 Å². The lowest BCUT2D eigenvalue weighted by molar-refractivity contribution is -0.117. The molecule has 0 fully saturated rings. The number of benzene rings is 3. The number of carbonyl (C=O) groups is 4.